The van der Waals surface area contributed by atoms with Crippen LogP contribution in [0.1, 0.15) is 16.1 Å². The average molecular weight is 323 g/mol. The van der Waals surface area contributed by atoms with Crippen molar-refractivity contribution in [2.24, 2.45) is 0 Å². The zero-order valence-corrected chi connectivity index (χ0v) is 12.7. The van der Waals surface area contributed by atoms with Crippen LogP contribution < -0.4 is 9.47 Å². The number of benzene rings is 2. The molecule has 0 aliphatic carbocycles. The standard InChI is InChI=1S/C19H14FNO3/c20-15-6-10-18(11-7-15)24-19-3-1-2-16(21-19)13-23-17-8-4-14(12-22)5-9-17/h1-12H,13H2. The third-order valence-electron chi connectivity index (χ3n) is 3.22. The van der Waals surface area contributed by atoms with Gasteiger partial charge in [0, 0.05) is 11.6 Å². The Morgan fingerprint density at radius 3 is 2.33 bits per heavy atom. The maximum Gasteiger partial charge on any atom is 0.219 e. The number of carbonyl (C=O) groups is 1. The van der Waals surface area contributed by atoms with Crippen molar-refractivity contribution in [1.82, 2.24) is 4.98 Å². The number of pyridine rings is 1. The molecule has 0 atom stereocenters. The zero-order valence-electron chi connectivity index (χ0n) is 12.7. The minimum atomic E-state index is -0.321. The second-order valence-electron chi connectivity index (χ2n) is 5.00. The highest BCUT2D eigenvalue weighted by atomic mass is 19.1. The van der Waals surface area contributed by atoms with Crippen LogP contribution in [0, 0.1) is 5.82 Å². The highest BCUT2D eigenvalue weighted by Crippen LogP contribution is 2.20. The molecule has 0 spiro atoms. The molecule has 0 saturated heterocycles. The molecule has 3 aromatic rings. The normalized spacial score (nSPS) is 10.2. The lowest BCUT2D eigenvalue weighted by Crippen LogP contribution is -1.99. The topological polar surface area (TPSA) is 48.4 Å². The van der Waals surface area contributed by atoms with Crippen molar-refractivity contribution in [3.8, 4) is 17.4 Å². The molecule has 0 amide bonds. The smallest absolute Gasteiger partial charge is 0.219 e. The van der Waals surface area contributed by atoms with E-state index < -0.39 is 0 Å². The molecule has 3 rings (SSSR count). The number of nitrogens with zero attached hydrogens (tertiary/aromatic N) is 1. The van der Waals surface area contributed by atoms with Gasteiger partial charge in [0.15, 0.2) is 0 Å². The Bertz CT molecular complexity index is 817. The first-order valence-corrected chi connectivity index (χ1v) is 7.30. The predicted octanol–water partition coefficient (Wildman–Crippen LogP) is 4.40. The van der Waals surface area contributed by atoms with E-state index in [0.29, 0.717) is 28.6 Å². The first-order chi connectivity index (χ1) is 11.7. The maximum absolute atomic E-state index is 12.9. The van der Waals surface area contributed by atoms with E-state index >= 15 is 0 Å². The third-order valence-corrected chi connectivity index (χ3v) is 3.22. The molecule has 1 aromatic heterocycles. The molecule has 0 bridgehead atoms. The Kier molecular flexibility index (Phi) is 4.81. The van der Waals surface area contributed by atoms with Crippen LogP contribution in [0.3, 0.4) is 0 Å². The van der Waals surface area contributed by atoms with E-state index in [4.69, 9.17) is 9.47 Å². The molecule has 0 aliphatic rings. The summed E-state index contributed by atoms with van der Waals surface area (Å²) < 4.78 is 24.1. The second kappa shape index (κ2) is 7.37. The lowest BCUT2D eigenvalue weighted by Gasteiger charge is -2.08. The monoisotopic (exact) mass is 323 g/mol. The fourth-order valence-corrected chi connectivity index (χ4v) is 2.02. The van der Waals surface area contributed by atoms with Gasteiger partial charge in [-0.2, -0.15) is 0 Å². The molecule has 24 heavy (non-hydrogen) atoms. The molecule has 2 aromatic carbocycles. The van der Waals surface area contributed by atoms with Crippen molar-refractivity contribution >= 4 is 6.29 Å². The Hall–Kier alpha value is -3.21. The number of rotatable bonds is 6. The quantitative estimate of drug-likeness (QED) is 0.631. The summed E-state index contributed by atoms with van der Waals surface area (Å²) in [7, 11) is 0. The lowest BCUT2D eigenvalue weighted by atomic mass is 10.2. The van der Waals surface area contributed by atoms with Gasteiger partial charge in [0.05, 0.1) is 5.69 Å². The summed E-state index contributed by atoms with van der Waals surface area (Å²) in [4.78, 5) is 15.0. The van der Waals surface area contributed by atoms with Crippen molar-refractivity contribution in [3.05, 3.63) is 83.8 Å². The van der Waals surface area contributed by atoms with Crippen LogP contribution >= 0.6 is 0 Å². The molecular formula is C19H14FNO3. The summed E-state index contributed by atoms with van der Waals surface area (Å²) in [5.74, 6) is 1.23. The number of ether oxygens (including phenoxy) is 2. The highest BCUT2D eigenvalue weighted by molar-refractivity contribution is 5.74. The van der Waals surface area contributed by atoms with Gasteiger partial charge in [-0.1, -0.05) is 6.07 Å². The molecular weight excluding hydrogens is 309 g/mol. The summed E-state index contributed by atoms with van der Waals surface area (Å²) >= 11 is 0. The van der Waals surface area contributed by atoms with Crippen molar-refractivity contribution in [3.63, 3.8) is 0 Å². The fraction of sp³-hybridized carbons (Fsp3) is 0.0526. The minimum absolute atomic E-state index is 0.265. The van der Waals surface area contributed by atoms with Crippen LogP contribution in [0.4, 0.5) is 4.39 Å². The summed E-state index contributed by atoms with van der Waals surface area (Å²) in [6.45, 7) is 0.265. The molecule has 0 aliphatic heterocycles. The van der Waals surface area contributed by atoms with Gasteiger partial charge >= 0.3 is 0 Å². The molecule has 5 heteroatoms. The van der Waals surface area contributed by atoms with Gasteiger partial charge in [-0.3, -0.25) is 4.79 Å². The van der Waals surface area contributed by atoms with E-state index in [2.05, 4.69) is 4.98 Å². The average Bonchev–Trinajstić information content (AvgIpc) is 2.63. The molecule has 4 nitrogen and oxygen atoms in total. The van der Waals surface area contributed by atoms with E-state index in [9.17, 15) is 9.18 Å². The van der Waals surface area contributed by atoms with E-state index in [1.807, 2.05) is 6.07 Å². The number of aldehydes is 1. The predicted molar refractivity (Wildman–Crippen MR) is 86.9 cm³/mol. The lowest BCUT2D eigenvalue weighted by molar-refractivity contribution is 0.112. The van der Waals surface area contributed by atoms with Gasteiger partial charge < -0.3 is 9.47 Å². The number of hydrogen-bond donors (Lipinski definition) is 0. The van der Waals surface area contributed by atoms with Gasteiger partial charge in [0.25, 0.3) is 0 Å². The summed E-state index contributed by atoms with van der Waals surface area (Å²) in [5, 5.41) is 0. The first kappa shape index (κ1) is 15.7. The van der Waals surface area contributed by atoms with E-state index in [-0.39, 0.29) is 12.4 Å². The first-order valence-electron chi connectivity index (χ1n) is 7.30. The fourth-order valence-electron chi connectivity index (χ4n) is 2.02. The molecule has 0 saturated carbocycles. The number of halogens is 1. The maximum atomic E-state index is 12.9. The molecule has 0 fully saturated rings. The summed E-state index contributed by atoms with van der Waals surface area (Å²) in [5.41, 5.74) is 1.28. The van der Waals surface area contributed by atoms with E-state index in [1.54, 1.807) is 36.4 Å². The van der Waals surface area contributed by atoms with Gasteiger partial charge in [-0.15, -0.1) is 0 Å². The van der Waals surface area contributed by atoms with Crippen molar-refractivity contribution in [1.29, 1.82) is 0 Å². The third kappa shape index (κ3) is 4.16. The number of carbonyl (C=O) groups excluding carboxylic acids is 1. The van der Waals surface area contributed by atoms with Gasteiger partial charge in [-0.05, 0) is 54.6 Å². The van der Waals surface area contributed by atoms with Crippen LogP contribution in [0.5, 0.6) is 17.4 Å². The minimum Gasteiger partial charge on any atom is -0.487 e. The van der Waals surface area contributed by atoms with Crippen molar-refractivity contribution in [2.45, 2.75) is 6.61 Å². The largest absolute Gasteiger partial charge is 0.487 e. The van der Waals surface area contributed by atoms with Gasteiger partial charge in [-0.25, -0.2) is 9.37 Å². The molecule has 0 radical (unpaired) electrons. The number of hydrogen-bond acceptors (Lipinski definition) is 4. The SMILES string of the molecule is O=Cc1ccc(OCc2cccc(Oc3ccc(F)cc3)n2)cc1. The van der Waals surface area contributed by atoms with Crippen molar-refractivity contribution < 1.29 is 18.7 Å². The molecule has 120 valence electrons. The van der Waals surface area contributed by atoms with E-state index in [1.165, 1.54) is 24.3 Å². The van der Waals surface area contributed by atoms with Crippen LogP contribution in [0.15, 0.2) is 66.7 Å². The van der Waals surface area contributed by atoms with Gasteiger partial charge in [0.1, 0.15) is 30.2 Å². The van der Waals surface area contributed by atoms with Crippen molar-refractivity contribution in [2.75, 3.05) is 0 Å². The van der Waals surface area contributed by atoms with Gasteiger partial charge in [0.2, 0.25) is 5.88 Å². The second-order valence-corrected chi connectivity index (χ2v) is 5.00. The Morgan fingerprint density at radius 2 is 1.62 bits per heavy atom. The highest BCUT2D eigenvalue weighted by Gasteiger charge is 2.03. The van der Waals surface area contributed by atoms with Crippen LogP contribution in [-0.2, 0) is 6.61 Å². The van der Waals surface area contributed by atoms with Crippen LogP contribution in [0.2, 0.25) is 0 Å². The van der Waals surface area contributed by atoms with E-state index in [0.717, 1.165) is 6.29 Å². The van der Waals surface area contributed by atoms with Crippen LogP contribution in [-0.4, -0.2) is 11.3 Å². The molecule has 0 N–H and O–H groups in total. The summed E-state index contributed by atoms with van der Waals surface area (Å²) in [6, 6.07) is 17.9. The Labute approximate surface area is 138 Å². The molecule has 1 heterocycles. The van der Waals surface area contributed by atoms with Crippen LogP contribution in [0.25, 0.3) is 0 Å². The zero-order chi connectivity index (χ0) is 16.8. The number of aromatic nitrogens is 1. The Balaban J connectivity index is 1.63. The Morgan fingerprint density at radius 1 is 0.917 bits per heavy atom. The summed E-state index contributed by atoms with van der Waals surface area (Å²) in [6.07, 6.45) is 0.779. The molecule has 0 unspecified atom stereocenters.